The van der Waals surface area contributed by atoms with Crippen LogP contribution in [0.25, 0.3) is 0 Å². The lowest BCUT2D eigenvalue weighted by molar-refractivity contribution is -0.233. The molecular formula is C11H8BrClF4O. The Labute approximate surface area is 114 Å². The Morgan fingerprint density at radius 1 is 1.28 bits per heavy atom. The molecule has 1 rings (SSSR count). The predicted molar refractivity (Wildman–Crippen MR) is 64.4 cm³/mol. The molecule has 1 nitrogen and oxygen atoms in total. The number of benzene rings is 1. The molecule has 1 atom stereocenters. The van der Waals surface area contributed by atoms with Gasteiger partial charge in [0, 0.05) is 10.6 Å². The van der Waals surface area contributed by atoms with Crippen molar-refractivity contribution in [1.29, 1.82) is 0 Å². The Kier molecular flexibility index (Phi) is 4.46. The number of hydrogen-bond donors (Lipinski definition) is 1. The van der Waals surface area contributed by atoms with Gasteiger partial charge < -0.3 is 5.11 Å². The summed E-state index contributed by atoms with van der Waals surface area (Å²) in [4.78, 5) is 0. The molecule has 100 valence electrons. The molecule has 1 aromatic rings. The van der Waals surface area contributed by atoms with E-state index in [1.165, 1.54) is 18.2 Å². The molecule has 18 heavy (non-hydrogen) atoms. The summed E-state index contributed by atoms with van der Waals surface area (Å²) in [6, 6.07) is 5.01. The number of allylic oxidation sites excluding steroid dienone is 1. The molecule has 0 saturated heterocycles. The molecule has 0 aromatic heterocycles. The van der Waals surface area contributed by atoms with Crippen LogP contribution in [0.4, 0.5) is 17.6 Å². The van der Waals surface area contributed by atoms with Crippen LogP contribution in [0.5, 0.6) is 0 Å². The minimum Gasteiger partial charge on any atom is -0.382 e. The second-order valence-corrected chi connectivity index (χ2v) is 4.89. The van der Waals surface area contributed by atoms with Crippen LogP contribution in [0.3, 0.4) is 0 Å². The minimum atomic E-state index is -4.74. The number of rotatable bonds is 4. The van der Waals surface area contributed by atoms with Crippen molar-refractivity contribution in [2.24, 2.45) is 0 Å². The molecule has 0 radical (unpaired) electrons. The summed E-state index contributed by atoms with van der Waals surface area (Å²) in [5, 5.41) is 9.22. The van der Waals surface area contributed by atoms with Crippen LogP contribution in [0, 0.1) is 0 Å². The van der Waals surface area contributed by atoms with Crippen LogP contribution in [0.15, 0.2) is 35.3 Å². The van der Waals surface area contributed by atoms with E-state index in [1.807, 2.05) is 0 Å². The molecule has 0 aliphatic rings. The molecule has 0 saturated carbocycles. The summed E-state index contributed by atoms with van der Waals surface area (Å²) >= 11 is 7.80. The van der Waals surface area contributed by atoms with Gasteiger partial charge in [-0.3, -0.25) is 0 Å². The molecule has 1 unspecified atom stereocenters. The normalized spacial score (nSPS) is 14.4. The van der Waals surface area contributed by atoms with E-state index in [4.69, 9.17) is 11.6 Å². The van der Waals surface area contributed by atoms with E-state index in [0.717, 1.165) is 6.07 Å². The SMILES string of the molecule is C=C(Br)C(F)(F)C(F)(F)C(O)c1ccccc1Cl. The number of hydrogen-bond acceptors (Lipinski definition) is 1. The number of aliphatic hydroxyl groups excluding tert-OH is 1. The predicted octanol–water partition coefficient (Wildman–Crippen LogP) is 4.55. The van der Waals surface area contributed by atoms with E-state index in [0.29, 0.717) is 0 Å². The first-order valence-corrected chi connectivity index (χ1v) is 5.82. The molecule has 0 aliphatic carbocycles. The summed E-state index contributed by atoms with van der Waals surface area (Å²) in [5.41, 5.74) is -0.474. The van der Waals surface area contributed by atoms with Crippen molar-refractivity contribution < 1.29 is 22.7 Å². The van der Waals surface area contributed by atoms with Gasteiger partial charge in [-0.05, 0) is 22.0 Å². The standard InChI is InChI=1S/C11H8BrClF4O/c1-6(12)10(14,15)11(16,17)9(18)7-4-2-3-5-8(7)13/h2-5,9,18H,1H2. The Balaban J connectivity index is 3.21. The Morgan fingerprint density at radius 3 is 2.22 bits per heavy atom. The smallest absolute Gasteiger partial charge is 0.344 e. The van der Waals surface area contributed by atoms with Crippen LogP contribution >= 0.6 is 27.5 Å². The van der Waals surface area contributed by atoms with E-state index < -0.39 is 28.0 Å². The van der Waals surface area contributed by atoms with Crippen molar-refractivity contribution in [3.8, 4) is 0 Å². The Bertz CT molecular complexity index is 464. The molecule has 1 aromatic carbocycles. The average molecular weight is 348 g/mol. The van der Waals surface area contributed by atoms with Gasteiger partial charge in [-0.15, -0.1) is 0 Å². The lowest BCUT2D eigenvalue weighted by atomic mass is 9.98. The van der Waals surface area contributed by atoms with Crippen LogP contribution in [0.2, 0.25) is 5.02 Å². The number of alkyl halides is 4. The fraction of sp³-hybridized carbons (Fsp3) is 0.273. The molecule has 0 aliphatic heterocycles. The fourth-order valence-electron chi connectivity index (χ4n) is 1.24. The van der Waals surface area contributed by atoms with Crippen molar-refractivity contribution in [2.45, 2.75) is 17.9 Å². The number of aliphatic hydroxyl groups is 1. The zero-order valence-corrected chi connectivity index (χ0v) is 11.2. The zero-order chi connectivity index (χ0) is 14.1. The molecule has 0 fully saturated rings. The summed E-state index contributed by atoms with van der Waals surface area (Å²) in [6.07, 6.45) is -2.74. The van der Waals surface area contributed by atoms with Gasteiger partial charge in [0.1, 0.15) is 0 Å². The quantitative estimate of drug-likeness (QED) is 0.792. The third kappa shape index (κ3) is 2.55. The maximum absolute atomic E-state index is 13.6. The van der Waals surface area contributed by atoms with E-state index in [2.05, 4.69) is 22.5 Å². The first kappa shape index (κ1) is 15.5. The Morgan fingerprint density at radius 2 is 1.78 bits per heavy atom. The zero-order valence-electron chi connectivity index (χ0n) is 8.81. The van der Waals surface area contributed by atoms with E-state index in [9.17, 15) is 22.7 Å². The fourth-order valence-corrected chi connectivity index (χ4v) is 1.75. The van der Waals surface area contributed by atoms with Gasteiger partial charge in [0.2, 0.25) is 0 Å². The van der Waals surface area contributed by atoms with Gasteiger partial charge in [-0.1, -0.05) is 36.4 Å². The molecular weight excluding hydrogens is 339 g/mol. The van der Waals surface area contributed by atoms with Gasteiger partial charge in [0.25, 0.3) is 0 Å². The van der Waals surface area contributed by atoms with Crippen molar-refractivity contribution in [2.75, 3.05) is 0 Å². The largest absolute Gasteiger partial charge is 0.382 e. The van der Waals surface area contributed by atoms with Crippen LogP contribution in [-0.4, -0.2) is 17.0 Å². The van der Waals surface area contributed by atoms with E-state index in [-0.39, 0.29) is 5.02 Å². The highest BCUT2D eigenvalue weighted by atomic mass is 79.9. The summed E-state index contributed by atoms with van der Waals surface area (Å²) < 4.78 is 52.5. The first-order valence-electron chi connectivity index (χ1n) is 4.65. The van der Waals surface area contributed by atoms with Crippen molar-refractivity contribution in [3.63, 3.8) is 0 Å². The van der Waals surface area contributed by atoms with Gasteiger partial charge in [0.15, 0.2) is 6.10 Å². The maximum Gasteiger partial charge on any atom is 0.344 e. The van der Waals surface area contributed by atoms with E-state index >= 15 is 0 Å². The third-order valence-electron chi connectivity index (χ3n) is 2.30. The van der Waals surface area contributed by atoms with Gasteiger partial charge in [-0.2, -0.15) is 17.6 Å². The minimum absolute atomic E-state index is 0.222. The van der Waals surface area contributed by atoms with E-state index in [1.54, 1.807) is 0 Å². The van der Waals surface area contributed by atoms with Crippen molar-refractivity contribution >= 4 is 27.5 Å². The highest BCUT2D eigenvalue weighted by Gasteiger charge is 2.62. The van der Waals surface area contributed by atoms with Crippen LogP contribution in [0.1, 0.15) is 11.7 Å². The first-order chi connectivity index (χ1) is 8.12. The summed E-state index contributed by atoms with van der Waals surface area (Å²) in [7, 11) is 0. The molecule has 0 spiro atoms. The summed E-state index contributed by atoms with van der Waals surface area (Å²) in [6.45, 7) is 2.73. The molecule has 1 N–H and O–H groups in total. The lowest BCUT2D eigenvalue weighted by Gasteiger charge is -2.30. The highest BCUT2D eigenvalue weighted by Crippen LogP contribution is 2.49. The Hall–Kier alpha value is -0.590. The molecule has 0 heterocycles. The molecule has 0 bridgehead atoms. The second kappa shape index (κ2) is 5.19. The van der Waals surface area contributed by atoms with Gasteiger partial charge in [-0.25, -0.2) is 0 Å². The molecule has 7 heteroatoms. The topological polar surface area (TPSA) is 20.2 Å². The van der Waals surface area contributed by atoms with Crippen LogP contribution < -0.4 is 0 Å². The van der Waals surface area contributed by atoms with Crippen molar-refractivity contribution in [1.82, 2.24) is 0 Å². The maximum atomic E-state index is 13.6. The second-order valence-electron chi connectivity index (χ2n) is 3.53. The number of halogens is 6. The van der Waals surface area contributed by atoms with Crippen molar-refractivity contribution in [3.05, 3.63) is 45.9 Å². The summed E-state index contributed by atoms with van der Waals surface area (Å²) in [5.74, 6) is -9.34. The monoisotopic (exact) mass is 346 g/mol. The highest BCUT2D eigenvalue weighted by molar-refractivity contribution is 9.11. The third-order valence-corrected chi connectivity index (χ3v) is 3.14. The van der Waals surface area contributed by atoms with Crippen LogP contribution in [-0.2, 0) is 0 Å². The lowest BCUT2D eigenvalue weighted by Crippen LogP contribution is -2.45. The average Bonchev–Trinajstić information content (AvgIpc) is 2.28. The van der Waals surface area contributed by atoms with Gasteiger partial charge >= 0.3 is 11.8 Å². The molecule has 0 amide bonds. The van der Waals surface area contributed by atoms with Gasteiger partial charge in [0.05, 0.1) is 4.48 Å².